The van der Waals surface area contributed by atoms with E-state index < -0.39 is 0 Å². The van der Waals surface area contributed by atoms with Crippen molar-refractivity contribution in [3.63, 3.8) is 0 Å². The Morgan fingerprint density at radius 2 is 1.76 bits per heavy atom. The highest BCUT2D eigenvalue weighted by Crippen LogP contribution is 2.30. The van der Waals surface area contributed by atoms with Crippen LogP contribution >= 0.6 is 27.5 Å². The first kappa shape index (κ1) is 23.4. The van der Waals surface area contributed by atoms with Crippen molar-refractivity contribution in [3.8, 4) is 11.3 Å². The van der Waals surface area contributed by atoms with Gasteiger partial charge in [-0.2, -0.15) is 0 Å². The molecule has 172 valence electrons. The topological polar surface area (TPSA) is 65.8 Å². The molecule has 1 aromatic heterocycles. The molecule has 33 heavy (non-hydrogen) atoms. The first-order valence-corrected chi connectivity index (χ1v) is 12.1. The molecule has 2 heterocycles. The minimum atomic E-state index is -0.342. The van der Waals surface area contributed by atoms with Crippen LogP contribution in [0.4, 0.5) is 11.4 Å². The monoisotopic (exact) mass is 529 g/mol. The summed E-state index contributed by atoms with van der Waals surface area (Å²) in [6.45, 7) is 4.85. The summed E-state index contributed by atoms with van der Waals surface area (Å²) >= 11 is 9.95. The summed E-state index contributed by atoms with van der Waals surface area (Å²) in [5, 5.41) is 3.40. The van der Waals surface area contributed by atoms with Crippen LogP contribution in [0.5, 0.6) is 0 Å². The number of amides is 2. The highest BCUT2D eigenvalue weighted by molar-refractivity contribution is 9.10. The molecule has 1 fully saturated rings. The Labute approximate surface area is 206 Å². The Morgan fingerprint density at radius 1 is 1.03 bits per heavy atom. The third-order valence-electron chi connectivity index (χ3n) is 5.60. The molecule has 2 amide bonds. The van der Waals surface area contributed by atoms with Gasteiger partial charge >= 0.3 is 0 Å². The molecule has 0 radical (unpaired) electrons. The zero-order valence-corrected chi connectivity index (χ0v) is 20.7. The van der Waals surface area contributed by atoms with Gasteiger partial charge in [-0.05, 0) is 48.9 Å². The zero-order valence-electron chi connectivity index (χ0n) is 18.3. The van der Waals surface area contributed by atoms with E-state index in [1.165, 1.54) is 0 Å². The van der Waals surface area contributed by atoms with Crippen molar-refractivity contribution in [1.29, 1.82) is 0 Å². The average Bonchev–Trinajstić information content (AvgIpc) is 3.31. The lowest BCUT2D eigenvalue weighted by atomic mass is 10.2. The smallest absolute Gasteiger partial charge is 0.291 e. The van der Waals surface area contributed by atoms with Gasteiger partial charge < -0.3 is 19.5 Å². The fourth-order valence-corrected chi connectivity index (χ4v) is 4.40. The van der Waals surface area contributed by atoms with Gasteiger partial charge in [-0.15, -0.1) is 0 Å². The molecule has 1 N–H and O–H groups in total. The van der Waals surface area contributed by atoms with Crippen molar-refractivity contribution >= 4 is 50.7 Å². The van der Waals surface area contributed by atoms with Crippen LogP contribution < -0.4 is 10.2 Å². The van der Waals surface area contributed by atoms with E-state index in [1.807, 2.05) is 48.2 Å². The van der Waals surface area contributed by atoms with E-state index in [-0.39, 0.29) is 17.6 Å². The molecule has 1 saturated heterocycles. The number of nitrogens with one attached hydrogen (secondary N) is 1. The number of carbonyl (C=O) groups excluding carboxylic acids is 2. The van der Waals surface area contributed by atoms with Crippen LogP contribution in [-0.4, -0.2) is 42.9 Å². The lowest BCUT2D eigenvalue weighted by Gasteiger charge is -2.36. The first-order valence-electron chi connectivity index (χ1n) is 10.9. The van der Waals surface area contributed by atoms with E-state index in [0.717, 1.165) is 35.2 Å². The van der Waals surface area contributed by atoms with Crippen molar-refractivity contribution in [2.24, 2.45) is 0 Å². The van der Waals surface area contributed by atoms with Crippen LogP contribution in [-0.2, 0) is 4.79 Å². The van der Waals surface area contributed by atoms with Gasteiger partial charge in [-0.3, -0.25) is 9.59 Å². The van der Waals surface area contributed by atoms with Crippen LogP contribution in [0.25, 0.3) is 11.3 Å². The number of piperazine rings is 1. The third kappa shape index (κ3) is 5.60. The maximum atomic E-state index is 12.7. The Morgan fingerprint density at radius 3 is 2.42 bits per heavy atom. The van der Waals surface area contributed by atoms with E-state index in [9.17, 15) is 9.59 Å². The standard InChI is InChI=1S/C25H25BrClN3O3/c1-2-3-24(31)30-14-12-29(13-15-30)21-9-8-19(16-20(21)27)28-25(32)23-11-10-22(33-23)17-4-6-18(26)7-5-17/h4-11,16H,2-3,12-15H2,1H3,(H,28,32). The largest absolute Gasteiger partial charge is 0.451 e. The van der Waals surface area contributed by atoms with E-state index in [0.29, 0.717) is 36.0 Å². The molecule has 0 saturated carbocycles. The minimum absolute atomic E-state index is 0.211. The summed E-state index contributed by atoms with van der Waals surface area (Å²) in [5.74, 6) is 0.714. The van der Waals surface area contributed by atoms with E-state index in [2.05, 4.69) is 26.1 Å². The number of benzene rings is 2. The molecular weight excluding hydrogens is 506 g/mol. The van der Waals surface area contributed by atoms with Crippen LogP contribution in [0.2, 0.25) is 5.02 Å². The highest BCUT2D eigenvalue weighted by Gasteiger charge is 2.22. The number of anilines is 2. The summed E-state index contributed by atoms with van der Waals surface area (Å²) < 4.78 is 6.71. The van der Waals surface area contributed by atoms with Crippen LogP contribution in [0.3, 0.4) is 0 Å². The Bertz CT molecular complexity index is 1140. The molecular formula is C25H25BrClN3O3. The number of nitrogens with zero attached hydrogens (tertiary/aromatic N) is 2. The van der Waals surface area contributed by atoms with Gasteiger partial charge in [0.15, 0.2) is 5.76 Å². The Hall–Kier alpha value is -2.77. The number of furan rings is 1. The molecule has 1 aliphatic rings. The molecule has 6 nitrogen and oxygen atoms in total. The van der Waals surface area contributed by atoms with Crippen molar-refractivity contribution in [2.45, 2.75) is 19.8 Å². The van der Waals surface area contributed by atoms with Gasteiger partial charge in [0, 0.05) is 48.3 Å². The van der Waals surface area contributed by atoms with Crippen molar-refractivity contribution < 1.29 is 14.0 Å². The molecule has 2 aromatic carbocycles. The first-order chi connectivity index (χ1) is 15.9. The maximum absolute atomic E-state index is 12.7. The molecule has 0 spiro atoms. The van der Waals surface area contributed by atoms with Crippen LogP contribution in [0.1, 0.15) is 30.3 Å². The van der Waals surface area contributed by atoms with Gasteiger partial charge in [0.2, 0.25) is 5.91 Å². The SMILES string of the molecule is CCCC(=O)N1CCN(c2ccc(NC(=O)c3ccc(-c4ccc(Br)cc4)o3)cc2Cl)CC1. The predicted octanol–water partition coefficient (Wildman–Crippen LogP) is 6.06. The number of hydrogen-bond acceptors (Lipinski definition) is 4. The second kappa shape index (κ2) is 10.4. The number of carbonyl (C=O) groups is 2. The fraction of sp³-hybridized carbons (Fsp3) is 0.280. The van der Waals surface area contributed by atoms with Gasteiger partial charge in [-0.25, -0.2) is 0 Å². The van der Waals surface area contributed by atoms with Crippen molar-refractivity contribution in [3.05, 3.63) is 69.9 Å². The fourth-order valence-electron chi connectivity index (χ4n) is 3.83. The molecule has 0 bridgehead atoms. The maximum Gasteiger partial charge on any atom is 0.291 e. The summed E-state index contributed by atoms with van der Waals surface area (Å²) in [6, 6.07) is 16.6. The Kier molecular flexibility index (Phi) is 7.40. The number of halogens is 2. The average molecular weight is 531 g/mol. The third-order valence-corrected chi connectivity index (χ3v) is 6.43. The summed E-state index contributed by atoms with van der Waals surface area (Å²) in [6.07, 6.45) is 1.46. The quantitative estimate of drug-likeness (QED) is 0.420. The number of hydrogen-bond donors (Lipinski definition) is 1. The molecule has 0 aliphatic carbocycles. The van der Waals surface area contributed by atoms with Crippen molar-refractivity contribution in [2.75, 3.05) is 36.4 Å². The minimum Gasteiger partial charge on any atom is -0.451 e. The highest BCUT2D eigenvalue weighted by atomic mass is 79.9. The van der Waals surface area contributed by atoms with E-state index in [4.69, 9.17) is 16.0 Å². The summed E-state index contributed by atoms with van der Waals surface area (Å²) in [5.41, 5.74) is 2.38. The summed E-state index contributed by atoms with van der Waals surface area (Å²) in [7, 11) is 0. The van der Waals surface area contributed by atoms with Crippen molar-refractivity contribution in [1.82, 2.24) is 4.90 Å². The molecule has 3 aromatic rings. The molecule has 0 unspecified atom stereocenters. The lowest BCUT2D eigenvalue weighted by Crippen LogP contribution is -2.48. The van der Waals surface area contributed by atoms with Gasteiger partial charge in [0.05, 0.1) is 10.7 Å². The van der Waals surface area contributed by atoms with Crippen LogP contribution in [0.15, 0.2) is 63.5 Å². The zero-order chi connectivity index (χ0) is 23.4. The molecule has 0 atom stereocenters. The molecule has 4 rings (SSSR count). The second-order valence-corrected chi connectivity index (χ2v) is 9.23. The van der Waals surface area contributed by atoms with E-state index >= 15 is 0 Å². The summed E-state index contributed by atoms with van der Waals surface area (Å²) in [4.78, 5) is 28.8. The van der Waals surface area contributed by atoms with E-state index in [1.54, 1.807) is 18.2 Å². The Balaban J connectivity index is 1.38. The van der Waals surface area contributed by atoms with Gasteiger partial charge in [0.1, 0.15) is 5.76 Å². The number of rotatable bonds is 6. The molecule has 8 heteroatoms. The van der Waals surface area contributed by atoms with Gasteiger partial charge in [-0.1, -0.05) is 46.6 Å². The normalized spacial score (nSPS) is 13.8. The lowest BCUT2D eigenvalue weighted by molar-refractivity contribution is -0.131. The predicted molar refractivity (Wildman–Crippen MR) is 135 cm³/mol. The van der Waals surface area contributed by atoms with Gasteiger partial charge in [0.25, 0.3) is 5.91 Å². The molecule has 1 aliphatic heterocycles. The van der Waals surface area contributed by atoms with Crippen LogP contribution in [0, 0.1) is 0 Å². The second-order valence-electron chi connectivity index (χ2n) is 7.91.